The average molecular weight is 272 g/mol. The van der Waals surface area contributed by atoms with Crippen molar-refractivity contribution in [3.05, 3.63) is 52.5 Å². The lowest BCUT2D eigenvalue weighted by Gasteiger charge is -2.41. The summed E-state index contributed by atoms with van der Waals surface area (Å²) < 4.78 is 0. The molecule has 1 heterocycles. The number of nitrogens with two attached hydrogens (primary N) is 1. The van der Waals surface area contributed by atoms with Gasteiger partial charge in [0.15, 0.2) is 0 Å². The smallest absolute Gasteiger partial charge is 0.0794 e. The van der Waals surface area contributed by atoms with Crippen molar-refractivity contribution in [1.82, 2.24) is 4.98 Å². The third kappa shape index (κ3) is 2.72. The van der Waals surface area contributed by atoms with E-state index >= 15 is 0 Å². The molecule has 1 saturated carbocycles. The highest BCUT2D eigenvalue weighted by atomic mass is 32.1. The van der Waals surface area contributed by atoms with Gasteiger partial charge in [0.2, 0.25) is 0 Å². The van der Waals surface area contributed by atoms with Crippen molar-refractivity contribution in [1.29, 1.82) is 0 Å². The average Bonchev–Trinajstić information content (AvgIpc) is 2.92. The molecular formula is C16H20N2S. The van der Waals surface area contributed by atoms with Crippen LogP contribution in [0.4, 0.5) is 0 Å². The Labute approximate surface area is 118 Å². The third-order valence-electron chi connectivity index (χ3n) is 4.27. The quantitative estimate of drug-likeness (QED) is 0.924. The Morgan fingerprint density at radius 2 is 2.11 bits per heavy atom. The van der Waals surface area contributed by atoms with Gasteiger partial charge in [-0.3, -0.25) is 4.98 Å². The molecule has 19 heavy (non-hydrogen) atoms. The lowest BCUT2D eigenvalue weighted by Crippen LogP contribution is -2.49. The summed E-state index contributed by atoms with van der Waals surface area (Å²) in [5, 5.41) is 0. The molecule has 2 unspecified atom stereocenters. The highest BCUT2D eigenvalue weighted by molar-refractivity contribution is 7.09. The van der Waals surface area contributed by atoms with Crippen molar-refractivity contribution in [3.63, 3.8) is 0 Å². The van der Waals surface area contributed by atoms with Gasteiger partial charge in [0.25, 0.3) is 0 Å². The van der Waals surface area contributed by atoms with Gasteiger partial charge in [0.05, 0.1) is 5.51 Å². The first-order chi connectivity index (χ1) is 9.28. The van der Waals surface area contributed by atoms with Gasteiger partial charge in [-0.2, -0.15) is 0 Å². The van der Waals surface area contributed by atoms with E-state index in [1.165, 1.54) is 29.7 Å². The van der Waals surface area contributed by atoms with E-state index in [9.17, 15) is 0 Å². The molecule has 3 heteroatoms. The van der Waals surface area contributed by atoms with Crippen LogP contribution in [-0.4, -0.2) is 10.5 Å². The topological polar surface area (TPSA) is 38.9 Å². The monoisotopic (exact) mass is 272 g/mol. The first kappa shape index (κ1) is 12.8. The number of nitrogens with zero attached hydrogens (tertiary/aromatic N) is 1. The molecule has 0 spiro atoms. The lowest BCUT2D eigenvalue weighted by molar-refractivity contribution is 0.250. The van der Waals surface area contributed by atoms with E-state index in [1.54, 1.807) is 11.3 Å². The Balaban J connectivity index is 1.88. The molecule has 2 N–H and O–H groups in total. The highest BCUT2D eigenvalue weighted by Gasteiger charge is 2.38. The molecule has 1 aromatic heterocycles. The number of aromatic nitrogens is 1. The molecule has 100 valence electrons. The van der Waals surface area contributed by atoms with Crippen LogP contribution in [0.3, 0.4) is 0 Å². The normalized spacial score (nSPS) is 27.3. The Morgan fingerprint density at radius 3 is 2.84 bits per heavy atom. The Morgan fingerprint density at radius 1 is 1.26 bits per heavy atom. The predicted molar refractivity (Wildman–Crippen MR) is 80.4 cm³/mol. The minimum absolute atomic E-state index is 0.105. The number of hydrogen-bond acceptors (Lipinski definition) is 3. The zero-order chi connectivity index (χ0) is 13.1. The molecule has 0 radical (unpaired) electrons. The molecule has 2 aromatic rings. The highest BCUT2D eigenvalue weighted by Crippen LogP contribution is 2.41. The predicted octanol–water partition coefficient (Wildman–Crippen LogP) is 3.74. The van der Waals surface area contributed by atoms with Gasteiger partial charge in [0.1, 0.15) is 0 Å². The van der Waals surface area contributed by atoms with E-state index in [0.717, 1.165) is 12.8 Å². The van der Waals surface area contributed by atoms with Crippen LogP contribution in [0.2, 0.25) is 0 Å². The summed E-state index contributed by atoms with van der Waals surface area (Å²) in [6.07, 6.45) is 7.79. The van der Waals surface area contributed by atoms with Crippen LogP contribution in [0.1, 0.15) is 42.0 Å². The van der Waals surface area contributed by atoms with Gasteiger partial charge in [-0.15, -0.1) is 11.3 Å². The fourth-order valence-electron chi connectivity index (χ4n) is 3.31. The summed E-state index contributed by atoms with van der Waals surface area (Å²) in [5.74, 6) is 0.476. The third-order valence-corrected chi connectivity index (χ3v) is 5.05. The second kappa shape index (κ2) is 5.43. The van der Waals surface area contributed by atoms with Crippen LogP contribution in [-0.2, 0) is 6.42 Å². The van der Waals surface area contributed by atoms with Crippen molar-refractivity contribution < 1.29 is 0 Å². The van der Waals surface area contributed by atoms with Crippen molar-refractivity contribution in [3.8, 4) is 0 Å². The van der Waals surface area contributed by atoms with E-state index in [-0.39, 0.29) is 5.54 Å². The number of hydrogen-bond donors (Lipinski definition) is 1. The molecule has 0 saturated heterocycles. The van der Waals surface area contributed by atoms with Gasteiger partial charge in [-0.1, -0.05) is 43.2 Å². The van der Waals surface area contributed by atoms with Gasteiger partial charge < -0.3 is 5.73 Å². The molecule has 1 aliphatic rings. The fraction of sp³-hybridized carbons (Fsp3) is 0.438. The second-order valence-electron chi connectivity index (χ2n) is 5.59. The zero-order valence-corrected chi connectivity index (χ0v) is 11.9. The van der Waals surface area contributed by atoms with Crippen LogP contribution in [0, 0.1) is 0 Å². The van der Waals surface area contributed by atoms with Crippen LogP contribution in [0.15, 0.2) is 42.0 Å². The maximum Gasteiger partial charge on any atom is 0.0794 e. The van der Waals surface area contributed by atoms with E-state index in [4.69, 9.17) is 5.73 Å². The maximum absolute atomic E-state index is 6.81. The summed E-state index contributed by atoms with van der Waals surface area (Å²) in [6, 6.07) is 10.8. The number of thiazole rings is 1. The standard InChI is InChI=1S/C16H20N2S/c17-16(10-14-11-18-12-19-14)9-5-4-8-15(16)13-6-2-1-3-7-13/h1-3,6-7,11-12,15H,4-5,8-10,17H2. The molecule has 0 amide bonds. The molecule has 2 atom stereocenters. The van der Waals surface area contributed by atoms with E-state index in [2.05, 4.69) is 35.3 Å². The van der Waals surface area contributed by atoms with Gasteiger partial charge in [-0.05, 0) is 18.4 Å². The minimum atomic E-state index is -0.105. The summed E-state index contributed by atoms with van der Waals surface area (Å²) >= 11 is 1.72. The Hall–Kier alpha value is -1.19. The zero-order valence-electron chi connectivity index (χ0n) is 11.1. The molecule has 0 bridgehead atoms. The van der Waals surface area contributed by atoms with Crippen molar-refractivity contribution >= 4 is 11.3 Å². The van der Waals surface area contributed by atoms with Crippen LogP contribution >= 0.6 is 11.3 Å². The molecule has 2 nitrogen and oxygen atoms in total. The lowest BCUT2D eigenvalue weighted by atomic mass is 9.68. The first-order valence-corrected chi connectivity index (χ1v) is 7.87. The first-order valence-electron chi connectivity index (χ1n) is 6.99. The van der Waals surface area contributed by atoms with E-state index < -0.39 is 0 Å². The summed E-state index contributed by atoms with van der Waals surface area (Å²) in [4.78, 5) is 5.49. The molecule has 3 rings (SSSR count). The molecule has 1 fully saturated rings. The van der Waals surface area contributed by atoms with Crippen molar-refractivity contribution in [2.75, 3.05) is 0 Å². The SMILES string of the molecule is NC1(Cc2cncs2)CCCCC1c1ccccc1. The maximum atomic E-state index is 6.81. The van der Waals surface area contributed by atoms with Gasteiger partial charge >= 0.3 is 0 Å². The largest absolute Gasteiger partial charge is 0.324 e. The summed E-state index contributed by atoms with van der Waals surface area (Å²) in [5.41, 5.74) is 10.00. The van der Waals surface area contributed by atoms with E-state index in [1.807, 2.05) is 11.7 Å². The number of benzene rings is 1. The van der Waals surface area contributed by atoms with Gasteiger partial charge in [0, 0.05) is 29.0 Å². The molecule has 1 aromatic carbocycles. The summed E-state index contributed by atoms with van der Waals surface area (Å²) in [6.45, 7) is 0. The van der Waals surface area contributed by atoms with Crippen LogP contribution in [0.5, 0.6) is 0 Å². The van der Waals surface area contributed by atoms with Gasteiger partial charge in [-0.25, -0.2) is 0 Å². The van der Waals surface area contributed by atoms with Crippen molar-refractivity contribution in [2.45, 2.75) is 43.6 Å². The Kier molecular flexibility index (Phi) is 3.67. The summed E-state index contributed by atoms with van der Waals surface area (Å²) in [7, 11) is 0. The number of rotatable bonds is 3. The second-order valence-corrected chi connectivity index (χ2v) is 6.56. The fourth-order valence-corrected chi connectivity index (χ4v) is 4.04. The van der Waals surface area contributed by atoms with E-state index in [0.29, 0.717) is 5.92 Å². The van der Waals surface area contributed by atoms with Crippen LogP contribution < -0.4 is 5.73 Å². The van der Waals surface area contributed by atoms with Crippen LogP contribution in [0.25, 0.3) is 0 Å². The molecular weight excluding hydrogens is 252 g/mol. The Bertz CT molecular complexity index is 509. The molecule has 0 aliphatic heterocycles. The molecule has 1 aliphatic carbocycles. The minimum Gasteiger partial charge on any atom is -0.324 e. The van der Waals surface area contributed by atoms with Crippen molar-refractivity contribution in [2.24, 2.45) is 5.73 Å².